The second kappa shape index (κ2) is 20.8. The van der Waals surface area contributed by atoms with Crippen molar-refractivity contribution < 1.29 is 56.6 Å². The molecule has 72 heavy (non-hydrogen) atoms. The molecule has 2 aliphatic rings. The molecule has 0 aromatic heterocycles. The first-order valence-electron chi connectivity index (χ1n) is 25.3. The molecule has 1 saturated carbocycles. The SMILES string of the molecule is CC(C)(C)c1cc(C(c2ccccc2)(c2ccccc2)c2ccccc2)cc(C=[N+]2[Co][N+](=Cc3cc(C(c4ccccc4)(c4ccccc4)c4ccccc4)cc(C(C)(C)C)c3O)[C@@H]3CCCC[C@H]32)c1O.[I-]. The van der Waals surface area contributed by atoms with Gasteiger partial charge in [0.15, 0.2) is 0 Å². The van der Waals surface area contributed by atoms with Gasteiger partial charge in [0, 0.05) is 0 Å². The number of aromatic hydroxyl groups is 2. The first kappa shape index (κ1) is 50.9. The van der Waals surface area contributed by atoms with Crippen molar-refractivity contribution in [2.75, 3.05) is 0 Å². The molecule has 1 aliphatic heterocycles. The quantitative estimate of drug-likeness (QED) is 0.106. The van der Waals surface area contributed by atoms with Crippen molar-refractivity contribution in [2.45, 2.75) is 101 Å². The fourth-order valence-electron chi connectivity index (χ4n) is 11.5. The Morgan fingerprint density at radius 3 is 0.875 bits per heavy atom. The summed E-state index contributed by atoms with van der Waals surface area (Å²) in [6.07, 6.45) is 8.80. The van der Waals surface area contributed by atoms with Crippen molar-refractivity contribution in [3.05, 3.63) is 273 Å². The standard InChI is InChI=1S/C66H66N2O2.Co.HI/c1-63(2,3)57-43-55(65(49-27-13-7-14-28-49,50-29-15-8-16-30-50)51-31-17-9-18-32-51)41-47(61(57)69)45-67-59-39-25-26-40-60(59)68-46-48-42-56(44-58(62(48)70)64(4,5)6)66(52-33-19-10-20-34-52,53-35-21-11-22-36-53)54-37-23-12-24-38-54;;/h7-24,27-38,41-46,59-60,69-70H,25-26,39-40H2,1-6H3;;1H/q;+2;/p-1/t59-,60-;;/m1../s1. The summed E-state index contributed by atoms with van der Waals surface area (Å²) in [5.74, 6) is 0.626. The molecule has 8 aromatic carbocycles. The Morgan fingerprint density at radius 1 is 0.389 bits per heavy atom. The van der Waals surface area contributed by atoms with Crippen molar-refractivity contribution in [2.24, 2.45) is 0 Å². The second-order valence-electron chi connectivity index (χ2n) is 21.5. The number of halogens is 1. The van der Waals surface area contributed by atoms with Gasteiger partial charge in [0.1, 0.15) is 0 Å². The van der Waals surface area contributed by atoms with Gasteiger partial charge in [-0.25, -0.2) is 0 Å². The number of phenols is 2. The minimum absolute atomic E-state index is 0. The predicted molar refractivity (Wildman–Crippen MR) is 287 cm³/mol. The van der Waals surface area contributed by atoms with Crippen molar-refractivity contribution in [3.63, 3.8) is 0 Å². The number of phenolic OH excluding ortho intramolecular Hbond substituents is 2. The van der Waals surface area contributed by atoms with E-state index < -0.39 is 10.8 Å². The Bertz CT molecular complexity index is 2790. The van der Waals surface area contributed by atoms with E-state index in [0.717, 1.165) is 108 Å². The number of hydrogen-bond donors (Lipinski definition) is 2. The average Bonchev–Trinajstić information content (AvgIpc) is 3.73. The third-order valence-electron chi connectivity index (χ3n) is 15.0. The Hall–Kier alpha value is -6.06. The Morgan fingerprint density at radius 2 is 0.639 bits per heavy atom. The molecule has 0 radical (unpaired) electrons. The van der Waals surface area contributed by atoms with Gasteiger partial charge < -0.3 is 24.0 Å². The molecule has 2 fully saturated rings. The molecule has 4 nitrogen and oxygen atoms in total. The predicted octanol–water partition coefficient (Wildman–Crippen LogP) is 11.3. The van der Waals surface area contributed by atoms with Gasteiger partial charge in [-0.15, -0.1) is 0 Å². The summed E-state index contributed by atoms with van der Waals surface area (Å²) in [6.45, 7) is 13.2. The van der Waals surface area contributed by atoms with E-state index in [1.165, 1.54) is 0 Å². The monoisotopic (exact) mass is 1100 g/mol. The molecule has 0 bridgehead atoms. The van der Waals surface area contributed by atoms with Gasteiger partial charge in [0.2, 0.25) is 0 Å². The minimum Gasteiger partial charge on any atom is -1.00 e. The van der Waals surface area contributed by atoms with Crippen LogP contribution in [0.25, 0.3) is 0 Å². The molecule has 0 amide bonds. The second-order valence-corrected chi connectivity index (χ2v) is 22.8. The third kappa shape index (κ3) is 9.31. The van der Waals surface area contributed by atoms with Crippen LogP contribution in [-0.4, -0.2) is 42.0 Å². The van der Waals surface area contributed by atoms with Crippen molar-refractivity contribution >= 4 is 12.4 Å². The third-order valence-corrected chi connectivity index (χ3v) is 16.4. The summed E-state index contributed by atoms with van der Waals surface area (Å²) in [7, 11) is 0. The Kier molecular flexibility index (Phi) is 14.7. The molecule has 1 heterocycles. The van der Waals surface area contributed by atoms with Crippen LogP contribution < -0.4 is 24.0 Å². The summed E-state index contributed by atoms with van der Waals surface area (Å²) in [6, 6.07) is 74.4. The molecule has 2 N–H and O–H groups in total. The zero-order valence-corrected chi connectivity index (χ0v) is 45.5. The number of benzene rings is 8. The maximum absolute atomic E-state index is 12.6. The van der Waals surface area contributed by atoms with Gasteiger partial charge in [-0.3, -0.25) is 0 Å². The summed E-state index contributed by atoms with van der Waals surface area (Å²) < 4.78 is 4.90. The normalized spacial score (nSPS) is 17.5. The van der Waals surface area contributed by atoms with E-state index in [1.54, 1.807) is 0 Å². The van der Waals surface area contributed by atoms with Crippen LogP contribution in [0, 0.1) is 0 Å². The van der Waals surface area contributed by atoms with Crippen LogP contribution in [0.4, 0.5) is 0 Å². The van der Waals surface area contributed by atoms with Crippen LogP contribution in [0.2, 0.25) is 0 Å². The van der Waals surface area contributed by atoms with Crippen molar-refractivity contribution in [1.82, 2.24) is 0 Å². The van der Waals surface area contributed by atoms with Crippen LogP contribution >= 0.6 is 0 Å². The smallest absolute Gasteiger partial charge is 1.00 e. The molecule has 0 unspecified atom stereocenters. The maximum Gasteiger partial charge on any atom is -1.00 e. The fourth-order valence-corrected chi connectivity index (χ4v) is 13.2. The molecular formula is C66H66CoIN2O2+. The molecule has 8 aromatic rings. The first-order valence-corrected chi connectivity index (χ1v) is 26.2. The van der Waals surface area contributed by atoms with E-state index >= 15 is 0 Å². The topological polar surface area (TPSA) is 46.5 Å². The zero-order valence-electron chi connectivity index (χ0n) is 42.3. The molecule has 367 valence electrons. The average molecular weight is 1110 g/mol. The number of nitrogens with zero attached hydrogens (tertiary/aromatic N) is 2. The van der Waals surface area contributed by atoms with Crippen LogP contribution in [0.15, 0.2) is 206 Å². The largest absolute Gasteiger partial charge is 1.00 e. The maximum atomic E-state index is 12.6. The van der Waals surface area contributed by atoms with Gasteiger partial charge >= 0.3 is 431 Å². The number of rotatable bonds is 10. The van der Waals surface area contributed by atoms with Crippen LogP contribution in [0.1, 0.15) is 134 Å². The molecule has 10 rings (SSSR count). The Labute approximate surface area is 451 Å². The Balaban J connectivity index is 0.00000640. The molecule has 1 aliphatic carbocycles. The minimum atomic E-state index is -0.683. The van der Waals surface area contributed by atoms with Gasteiger partial charge in [0.05, 0.1) is 0 Å². The van der Waals surface area contributed by atoms with Crippen LogP contribution in [-0.2, 0) is 36.8 Å². The first-order chi connectivity index (χ1) is 34.3. The summed E-state index contributed by atoms with van der Waals surface area (Å²) >= 11 is 1.02. The van der Waals surface area contributed by atoms with Gasteiger partial charge in [-0.05, 0) is 0 Å². The molecular weight excluding hydrogens is 1040 g/mol. The summed E-state index contributed by atoms with van der Waals surface area (Å²) in [4.78, 5) is 0. The van der Waals surface area contributed by atoms with E-state index in [2.05, 4.69) is 267 Å². The fraction of sp³-hybridized carbons (Fsp3) is 0.242. The molecule has 0 spiro atoms. The van der Waals surface area contributed by atoms with E-state index in [4.69, 9.17) is 0 Å². The van der Waals surface area contributed by atoms with E-state index in [1.807, 2.05) is 0 Å². The van der Waals surface area contributed by atoms with Crippen LogP contribution in [0.5, 0.6) is 11.5 Å². The van der Waals surface area contributed by atoms with Gasteiger partial charge in [-0.1, -0.05) is 0 Å². The summed E-state index contributed by atoms with van der Waals surface area (Å²) in [5.41, 5.74) is 10.5. The van der Waals surface area contributed by atoms with Crippen molar-refractivity contribution in [1.29, 1.82) is 0 Å². The zero-order chi connectivity index (χ0) is 49.4. The molecule has 6 heteroatoms. The van der Waals surface area contributed by atoms with Gasteiger partial charge in [0.25, 0.3) is 0 Å². The number of hydrogen-bond acceptors (Lipinski definition) is 2. The van der Waals surface area contributed by atoms with Crippen molar-refractivity contribution in [3.8, 4) is 11.5 Å². The molecule has 2 atom stereocenters. The van der Waals surface area contributed by atoms with Gasteiger partial charge in [-0.2, -0.15) is 0 Å². The van der Waals surface area contributed by atoms with E-state index in [0.29, 0.717) is 11.5 Å². The van der Waals surface area contributed by atoms with E-state index in [9.17, 15) is 10.2 Å². The molecule has 1 saturated heterocycles. The van der Waals surface area contributed by atoms with E-state index in [-0.39, 0.29) is 46.9 Å². The van der Waals surface area contributed by atoms with Crippen LogP contribution in [0.3, 0.4) is 0 Å². The number of fused-ring (bicyclic) bond motifs is 1. The summed E-state index contributed by atoms with van der Waals surface area (Å²) in [5, 5.41) is 25.2.